The Balaban J connectivity index is 2.27. The first-order chi connectivity index (χ1) is 9.11. The molecule has 0 aromatic heterocycles. The third-order valence-electron chi connectivity index (χ3n) is 3.30. The number of alkyl halides is 1. The van der Waals surface area contributed by atoms with E-state index in [1.807, 2.05) is 24.3 Å². The highest BCUT2D eigenvalue weighted by Gasteiger charge is 2.15. The second-order valence-electron chi connectivity index (χ2n) is 4.65. The van der Waals surface area contributed by atoms with Gasteiger partial charge < -0.3 is 0 Å². The summed E-state index contributed by atoms with van der Waals surface area (Å²) in [4.78, 5) is 0. The molecule has 1 atom stereocenters. The molecule has 2 aromatic rings. The Kier molecular flexibility index (Phi) is 5.15. The Labute approximate surface area is 129 Å². The Bertz CT molecular complexity index is 564. The second-order valence-corrected chi connectivity index (χ2v) is 5.80. The van der Waals surface area contributed by atoms with Gasteiger partial charge in [-0.2, -0.15) is 0 Å². The molecule has 0 aliphatic heterocycles. The Hall–Kier alpha value is -0.690. The maximum absolute atomic E-state index is 6.23. The van der Waals surface area contributed by atoms with Crippen LogP contribution < -0.4 is 0 Å². The lowest BCUT2D eigenvalue weighted by Crippen LogP contribution is -2.07. The molecule has 2 aromatic carbocycles. The quantitative estimate of drug-likeness (QED) is 0.619. The van der Waals surface area contributed by atoms with Crippen molar-refractivity contribution in [2.45, 2.75) is 19.3 Å². The Morgan fingerprint density at radius 2 is 1.79 bits per heavy atom. The monoisotopic (exact) mass is 312 g/mol. The van der Waals surface area contributed by atoms with Crippen molar-refractivity contribution in [3.05, 3.63) is 69.2 Å². The highest BCUT2D eigenvalue weighted by atomic mass is 35.5. The van der Waals surface area contributed by atoms with Crippen molar-refractivity contribution in [1.82, 2.24) is 0 Å². The topological polar surface area (TPSA) is 0 Å². The van der Waals surface area contributed by atoms with E-state index < -0.39 is 0 Å². The largest absolute Gasteiger partial charge is 0.126 e. The number of rotatable bonds is 4. The fourth-order valence-electron chi connectivity index (χ4n) is 2.25. The third kappa shape index (κ3) is 3.66. The average Bonchev–Trinajstić information content (AvgIpc) is 2.39. The van der Waals surface area contributed by atoms with Gasteiger partial charge in [-0.15, -0.1) is 11.6 Å². The minimum Gasteiger partial charge on any atom is -0.126 e. The van der Waals surface area contributed by atoms with Crippen molar-refractivity contribution < 1.29 is 0 Å². The number of aryl methyl sites for hydroxylation is 1. The molecule has 19 heavy (non-hydrogen) atoms. The lowest BCUT2D eigenvalue weighted by atomic mass is 9.90. The molecule has 0 aliphatic rings. The second kappa shape index (κ2) is 6.65. The average molecular weight is 314 g/mol. The molecule has 0 saturated heterocycles. The molecule has 2 rings (SSSR count). The van der Waals surface area contributed by atoms with E-state index >= 15 is 0 Å². The molecule has 0 heterocycles. The zero-order chi connectivity index (χ0) is 13.8. The van der Waals surface area contributed by atoms with Crippen molar-refractivity contribution >= 4 is 34.8 Å². The summed E-state index contributed by atoms with van der Waals surface area (Å²) in [7, 11) is 0. The maximum Gasteiger partial charge on any atom is 0.0453 e. The molecule has 0 nitrogen and oxygen atoms in total. The van der Waals surface area contributed by atoms with Crippen LogP contribution in [-0.2, 0) is 6.42 Å². The van der Waals surface area contributed by atoms with E-state index in [1.54, 1.807) is 6.07 Å². The van der Waals surface area contributed by atoms with Gasteiger partial charge in [-0.1, -0.05) is 53.5 Å². The molecule has 3 heteroatoms. The summed E-state index contributed by atoms with van der Waals surface area (Å²) in [6.07, 6.45) is 0.824. The van der Waals surface area contributed by atoms with Crippen LogP contribution in [0.5, 0.6) is 0 Å². The number of benzene rings is 2. The van der Waals surface area contributed by atoms with Gasteiger partial charge in [0.05, 0.1) is 0 Å². The molecule has 1 unspecified atom stereocenters. The smallest absolute Gasteiger partial charge is 0.0453 e. The fourth-order valence-corrected chi connectivity index (χ4v) is 3.01. The normalized spacial score (nSPS) is 12.4. The first-order valence-corrected chi connectivity index (χ1v) is 7.46. The van der Waals surface area contributed by atoms with E-state index in [1.165, 1.54) is 11.1 Å². The van der Waals surface area contributed by atoms with Crippen LogP contribution in [-0.4, -0.2) is 5.88 Å². The van der Waals surface area contributed by atoms with Gasteiger partial charge in [0.2, 0.25) is 0 Å². The molecular weight excluding hydrogens is 299 g/mol. The van der Waals surface area contributed by atoms with Gasteiger partial charge in [-0.3, -0.25) is 0 Å². The molecule has 0 spiro atoms. The van der Waals surface area contributed by atoms with Crippen LogP contribution >= 0.6 is 34.8 Å². The van der Waals surface area contributed by atoms with Crippen LogP contribution in [0.4, 0.5) is 0 Å². The van der Waals surface area contributed by atoms with Crippen LogP contribution in [0, 0.1) is 6.92 Å². The van der Waals surface area contributed by atoms with Gasteiger partial charge in [0.15, 0.2) is 0 Å². The van der Waals surface area contributed by atoms with E-state index in [0.29, 0.717) is 15.9 Å². The minimum atomic E-state index is 0.265. The zero-order valence-electron chi connectivity index (χ0n) is 10.7. The van der Waals surface area contributed by atoms with Crippen molar-refractivity contribution in [3.63, 3.8) is 0 Å². The predicted molar refractivity (Wildman–Crippen MR) is 84.8 cm³/mol. The van der Waals surface area contributed by atoms with Gasteiger partial charge in [-0.05, 0) is 42.2 Å². The van der Waals surface area contributed by atoms with Crippen molar-refractivity contribution in [2.24, 2.45) is 0 Å². The highest BCUT2D eigenvalue weighted by Crippen LogP contribution is 2.29. The molecule has 0 N–H and O–H groups in total. The van der Waals surface area contributed by atoms with Crippen molar-refractivity contribution in [2.75, 3.05) is 5.88 Å². The summed E-state index contributed by atoms with van der Waals surface area (Å²) in [6, 6.07) is 13.9. The van der Waals surface area contributed by atoms with Gasteiger partial charge in [-0.25, -0.2) is 0 Å². The Morgan fingerprint density at radius 3 is 2.42 bits per heavy atom. The van der Waals surface area contributed by atoms with Crippen LogP contribution in [0.1, 0.15) is 22.6 Å². The van der Waals surface area contributed by atoms with Gasteiger partial charge in [0.1, 0.15) is 0 Å². The number of hydrogen-bond donors (Lipinski definition) is 0. The molecule has 0 amide bonds. The predicted octanol–water partition coefficient (Wildman–Crippen LogP) is 5.87. The van der Waals surface area contributed by atoms with Crippen LogP contribution in [0.25, 0.3) is 0 Å². The lowest BCUT2D eigenvalue weighted by molar-refractivity contribution is 0.760. The Morgan fingerprint density at radius 1 is 1.05 bits per heavy atom. The zero-order valence-corrected chi connectivity index (χ0v) is 12.9. The van der Waals surface area contributed by atoms with Crippen molar-refractivity contribution in [3.8, 4) is 0 Å². The number of hydrogen-bond acceptors (Lipinski definition) is 0. The standard InChI is InChI=1S/C16H15Cl3/c1-11-4-2-3-5-15(11)13(10-17)8-12-6-7-14(18)9-16(12)19/h2-7,9,13H,8,10H2,1H3. The maximum atomic E-state index is 6.23. The fraction of sp³-hybridized carbons (Fsp3) is 0.250. The van der Waals surface area contributed by atoms with Gasteiger partial charge in [0.25, 0.3) is 0 Å². The summed E-state index contributed by atoms with van der Waals surface area (Å²) in [5, 5.41) is 1.36. The van der Waals surface area contributed by atoms with Crippen LogP contribution in [0.3, 0.4) is 0 Å². The molecule has 100 valence electrons. The van der Waals surface area contributed by atoms with Gasteiger partial charge >= 0.3 is 0 Å². The third-order valence-corrected chi connectivity index (χ3v) is 4.26. The molecule has 0 saturated carbocycles. The van der Waals surface area contributed by atoms with Gasteiger partial charge in [0, 0.05) is 21.8 Å². The van der Waals surface area contributed by atoms with E-state index in [4.69, 9.17) is 34.8 Å². The summed E-state index contributed by atoms with van der Waals surface area (Å²) in [5.41, 5.74) is 3.63. The lowest BCUT2D eigenvalue weighted by Gasteiger charge is -2.17. The summed E-state index contributed by atoms with van der Waals surface area (Å²) in [5.74, 6) is 0.839. The molecule has 0 bridgehead atoms. The molecule has 0 fully saturated rings. The van der Waals surface area contributed by atoms with Crippen molar-refractivity contribution in [1.29, 1.82) is 0 Å². The minimum absolute atomic E-state index is 0.265. The van der Waals surface area contributed by atoms with E-state index in [-0.39, 0.29) is 5.92 Å². The van der Waals surface area contributed by atoms with E-state index in [9.17, 15) is 0 Å². The van der Waals surface area contributed by atoms with Crippen LogP contribution in [0.2, 0.25) is 10.0 Å². The van der Waals surface area contributed by atoms with E-state index in [0.717, 1.165) is 12.0 Å². The first kappa shape index (κ1) is 14.7. The first-order valence-electron chi connectivity index (χ1n) is 6.17. The highest BCUT2D eigenvalue weighted by molar-refractivity contribution is 6.35. The molecule has 0 aliphatic carbocycles. The SMILES string of the molecule is Cc1ccccc1C(CCl)Cc1ccc(Cl)cc1Cl. The van der Waals surface area contributed by atoms with Crippen LogP contribution in [0.15, 0.2) is 42.5 Å². The summed E-state index contributed by atoms with van der Waals surface area (Å²) in [6.45, 7) is 2.11. The van der Waals surface area contributed by atoms with E-state index in [2.05, 4.69) is 19.1 Å². The summed E-state index contributed by atoms with van der Waals surface area (Å²) < 4.78 is 0. The molecule has 0 radical (unpaired) electrons. The summed E-state index contributed by atoms with van der Waals surface area (Å²) >= 11 is 18.3. The molecular formula is C16H15Cl3. The number of halogens is 3.